The summed E-state index contributed by atoms with van der Waals surface area (Å²) in [6.45, 7) is 7.32. The highest BCUT2D eigenvalue weighted by atomic mass is 19.4. The number of nitrogens with zero attached hydrogens (tertiary/aromatic N) is 1. The summed E-state index contributed by atoms with van der Waals surface area (Å²) >= 11 is 0. The Morgan fingerprint density at radius 2 is 1.89 bits per heavy atom. The maximum Gasteiger partial charge on any atom is 0.416 e. The number of hydrogen-bond donors (Lipinski definition) is 0. The van der Waals surface area contributed by atoms with Gasteiger partial charge in [-0.05, 0) is 82.2 Å². The molecule has 2 atom stereocenters. The van der Waals surface area contributed by atoms with Crippen LogP contribution < -0.4 is 0 Å². The molecule has 1 amide bonds. The number of alkyl halides is 3. The zero-order chi connectivity index (χ0) is 20.0. The maximum atomic E-state index is 13.1. The SMILES string of the molecule is Cc1ccc(C(F)(F)F)cc1C1=CC2CCCC(C1)N2C(=O)OC(C)(C)C. The summed E-state index contributed by atoms with van der Waals surface area (Å²) in [6, 6.07) is 3.72. The van der Waals surface area contributed by atoms with Gasteiger partial charge in [-0.3, -0.25) is 4.90 Å². The Kier molecular flexibility index (Phi) is 5.04. The third-order valence-corrected chi connectivity index (χ3v) is 5.15. The fourth-order valence-electron chi connectivity index (χ4n) is 3.97. The van der Waals surface area contributed by atoms with Gasteiger partial charge in [-0.1, -0.05) is 12.1 Å². The van der Waals surface area contributed by atoms with E-state index in [-0.39, 0.29) is 18.2 Å². The van der Waals surface area contributed by atoms with Gasteiger partial charge < -0.3 is 4.74 Å². The van der Waals surface area contributed by atoms with E-state index in [1.165, 1.54) is 12.1 Å². The first-order valence-electron chi connectivity index (χ1n) is 9.36. The lowest BCUT2D eigenvalue weighted by Crippen LogP contribution is -2.53. The highest BCUT2D eigenvalue weighted by molar-refractivity contribution is 5.76. The highest BCUT2D eigenvalue weighted by Crippen LogP contribution is 2.40. The van der Waals surface area contributed by atoms with E-state index < -0.39 is 17.3 Å². The van der Waals surface area contributed by atoms with Crippen LogP contribution in [0, 0.1) is 6.92 Å². The Morgan fingerprint density at radius 1 is 1.19 bits per heavy atom. The topological polar surface area (TPSA) is 29.5 Å². The van der Waals surface area contributed by atoms with E-state index in [0.717, 1.165) is 36.5 Å². The number of carbonyl (C=O) groups is 1. The van der Waals surface area contributed by atoms with Gasteiger partial charge in [0.25, 0.3) is 0 Å². The summed E-state index contributed by atoms with van der Waals surface area (Å²) in [5, 5.41) is 0. The van der Waals surface area contributed by atoms with Gasteiger partial charge >= 0.3 is 12.3 Å². The second-order valence-electron chi connectivity index (χ2n) is 8.46. The van der Waals surface area contributed by atoms with Crippen LogP contribution in [0.4, 0.5) is 18.0 Å². The van der Waals surface area contributed by atoms with Crippen LogP contribution in [0.15, 0.2) is 24.3 Å². The first-order chi connectivity index (χ1) is 12.5. The zero-order valence-electron chi connectivity index (χ0n) is 16.2. The van der Waals surface area contributed by atoms with Crippen LogP contribution >= 0.6 is 0 Å². The number of hydrogen-bond acceptors (Lipinski definition) is 2. The molecule has 6 heteroatoms. The fourth-order valence-corrected chi connectivity index (χ4v) is 3.97. The van der Waals surface area contributed by atoms with Crippen molar-refractivity contribution in [2.45, 2.75) is 77.2 Å². The summed E-state index contributed by atoms with van der Waals surface area (Å²) in [7, 11) is 0. The van der Waals surface area contributed by atoms with Gasteiger partial charge in [0.15, 0.2) is 0 Å². The number of ether oxygens (including phenoxy) is 1. The van der Waals surface area contributed by atoms with E-state index in [0.29, 0.717) is 12.0 Å². The average molecular weight is 381 g/mol. The molecule has 1 aromatic carbocycles. The van der Waals surface area contributed by atoms with Gasteiger partial charge in [-0.25, -0.2) is 4.79 Å². The first-order valence-corrected chi connectivity index (χ1v) is 9.36. The summed E-state index contributed by atoms with van der Waals surface area (Å²) in [6.07, 6.45) is 0.450. The lowest BCUT2D eigenvalue weighted by atomic mass is 9.82. The Morgan fingerprint density at radius 3 is 2.48 bits per heavy atom. The molecule has 0 saturated carbocycles. The third kappa shape index (κ3) is 4.30. The molecular formula is C21H26F3NO2. The Balaban J connectivity index is 1.93. The molecule has 3 rings (SSSR count). The molecule has 2 heterocycles. The van der Waals surface area contributed by atoms with Crippen LogP contribution in [0.25, 0.3) is 5.57 Å². The summed E-state index contributed by atoms with van der Waals surface area (Å²) in [5.41, 5.74) is 1.13. The average Bonchev–Trinajstić information content (AvgIpc) is 2.51. The van der Waals surface area contributed by atoms with Crippen molar-refractivity contribution in [1.29, 1.82) is 0 Å². The van der Waals surface area contributed by atoms with Crippen molar-refractivity contribution in [2.75, 3.05) is 0 Å². The number of benzene rings is 1. The van der Waals surface area contributed by atoms with Crippen molar-refractivity contribution >= 4 is 11.7 Å². The maximum absolute atomic E-state index is 13.1. The molecule has 2 bridgehead atoms. The molecule has 3 nitrogen and oxygen atoms in total. The largest absolute Gasteiger partial charge is 0.444 e. The van der Waals surface area contributed by atoms with Gasteiger partial charge in [0, 0.05) is 6.04 Å². The quantitative estimate of drug-likeness (QED) is 0.601. The van der Waals surface area contributed by atoms with E-state index in [1.807, 2.05) is 33.8 Å². The van der Waals surface area contributed by atoms with Crippen molar-refractivity contribution in [1.82, 2.24) is 4.90 Å². The minimum atomic E-state index is -4.36. The summed E-state index contributed by atoms with van der Waals surface area (Å²) in [4.78, 5) is 14.4. The molecule has 0 spiro atoms. The van der Waals surface area contributed by atoms with Crippen LogP contribution in [0.1, 0.15) is 63.1 Å². The van der Waals surface area contributed by atoms with Crippen molar-refractivity contribution in [2.24, 2.45) is 0 Å². The van der Waals surface area contributed by atoms with Crippen LogP contribution in [0.2, 0.25) is 0 Å². The molecule has 0 N–H and O–H groups in total. The van der Waals surface area contributed by atoms with Crippen LogP contribution in [-0.2, 0) is 10.9 Å². The molecule has 1 aromatic rings. The molecule has 0 aliphatic carbocycles. The normalized spacial score (nSPS) is 23.1. The number of halogens is 3. The van der Waals surface area contributed by atoms with Crippen molar-refractivity contribution in [3.05, 3.63) is 41.0 Å². The molecule has 1 fully saturated rings. The lowest BCUT2D eigenvalue weighted by Gasteiger charge is -2.45. The highest BCUT2D eigenvalue weighted by Gasteiger charge is 2.40. The van der Waals surface area contributed by atoms with Crippen molar-refractivity contribution < 1.29 is 22.7 Å². The number of rotatable bonds is 1. The molecule has 1 saturated heterocycles. The van der Waals surface area contributed by atoms with Gasteiger partial charge in [-0.2, -0.15) is 13.2 Å². The lowest BCUT2D eigenvalue weighted by molar-refractivity contribution is -0.137. The molecule has 0 aromatic heterocycles. The summed E-state index contributed by atoms with van der Waals surface area (Å²) in [5.74, 6) is 0. The molecule has 2 aliphatic heterocycles. The van der Waals surface area contributed by atoms with Crippen LogP contribution in [-0.4, -0.2) is 28.7 Å². The minimum absolute atomic E-state index is 0.0347. The van der Waals surface area contributed by atoms with Gasteiger partial charge in [0.1, 0.15) is 5.60 Å². The van der Waals surface area contributed by atoms with E-state index in [9.17, 15) is 18.0 Å². The second kappa shape index (κ2) is 6.88. The predicted molar refractivity (Wildman–Crippen MR) is 98.3 cm³/mol. The van der Waals surface area contributed by atoms with E-state index >= 15 is 0 Å². The van der Waals surface area contributed by atoms with Crippen LogP contribution in [0.5, 0.6) is 0 Å². The predicted octanol–water partition coefficient (Wildman–Crippen LogP) is 5.96. The molecule has 0 radical (unpaired) electrons. The monoisotopic (exact) mass is 381 g/mol. The van der Waals surface area contributed by atoms with Crippen molar-refractivity contribution in [3.63, 3.8) is 0 Å². The van der Waals surface area contributed by atoms with Gasteiger partial charge in [0.05, 0.1) is 11.6 Å². The second-order valence-corrected chi connectivity index (χ2v) is 8.46. The number of amides is 1. The Labute approximate surface area is 158 Å². The van der Waals surface area contributed by atoms with Crippen molar-refractivity contribution in [3.8, 4) is 0 Å². The Hall–Kier alpha value is -1.98. The first kappa shape index (κ1) is 19.8. The number of piperidine rings is 1. The standard InChI is InChI=1S/C21H26F3NO2/c1-13-8-9-15(21(22,23)24)12-18(13)14-10-16-6-5-7-17(11-14)25(16)19(26)27-20(2,3)4/h8-10,12,16-17H,5-7,11H2,1-4H3. The molecular weight excluding hydrogens is 355 g/mol. The number of fused-ring (bicyclic) bond motifs is 2. The molecule has 2 aliphatic rings. The third-order valence-electron chi connectivity index (χ3n) is 5.15. The minimum Gasteiger partial charge on any atom is -0.444 e. The van der Waals surface area contributed by atoms with Gasteiger partial charge in [0.2, 0.25) is 0 Å². The fraction of sp³-hybridized carbons (Fsp3) is 0.571. The summed E-state index contributed by atoms with van der Waals surface area (Å²) < 4.78 is 45.0. The number of carbonyl (C=O) groups excluding carboxylic acids is 1. The zero-order valence-corrected chi connectivity index (χ0v) is 16.2. The molecule has 2 unspecified atom stereocenters. The Bertz CT molecular complexity index is 762. The van der Waals surface area contributed by atoms with Gasteiger partial charge in [-0.15, -0.1) is 0 Å². The van der Waals surface area contributed by atoms with E-state index in [1.54, 1.807) is 4.90 Å². The van der Waals surface area contributed by atoms with Crippen LogP contribution in [0.3, 0.4) is 0 Å². The van der Waals surface area contributed by atoms with E-state index in [2.05, 4.69) is 0 Å². The van der Waals surface area contributed by atoms with E-state index in [4.69, 9.17) is 4.74 Å². The molecule has 148 valence electrons. The number of aryl methyl sites for hydroxylation is 1. The molecule has 27 heavy (non-hydrogen) atoms. The smallest absolute Gasteiger partial charge is 0.416 e.